The lowest BCUT2D eigenvalue weighted by atomic mass is 9.81. The highest BCUT2D eigenvalue weighted by molar-refractivity contribution is 5.80. The predicted octanol–water partition coefficient (Wildman–Crippen LogP) is 3.26. The number of hydrogen-bond acceptors (Lipinski definition) is 2. The lowest BCUT2D eigenvalue weighted by molar-refractivity contribution is -0.149. The molecule has 5 nitrogen and oxygen atoms in total. The summed E-state index contributed by atoms with van der Waals surface area (Å²) in [5.41, 5.74) is 2.70. The van der Waals surface area contributed by atoms with Crippen molar-refractivity contribution in [1.82, 2.24) is 10.2 Å². The number of carbonyl (C=O) groups excluding carboxylic acids is 1. The Morgan fingerprint density at radius 2 is 1.96 bits per heavy atom. The Morgan fingerprint density at radius 3 is 2.54 bits per heavy atom. The van der Waals surface area contributed by atoms with Gasteiger partial charge in [-0.1, -0.05) is 35.7 Å². The summed E-state index contributed by atoms with van der Waals surface area (Å²) >= 11 is 0. The van der Waals surface area contributed by atoms with Crippen molar-refractivity contribution in [3.8, 4) is 0 Å². The van der Waals surface area contributed by atoms with E-state index in [1.165, 1.54) is 11.1 Å². The van der Waals surface area contributed by atoms with E-state index in [-0.39, 0.29) is 18.0 Å². The van der Waals surface area contributed by atoms with E-state index in [1.807, 2.05) is 20.8 Å². The summed E-state index contributed by atoms with van der Waals surface area (Å²) in [6.45, 7) is 6.94. The molecule has 1 saturated carbocycles. The Kier molecular flexibility index (Phi) is 4.28. The Bertz CT molecular complexity index is 652. The maximum Gasteiger partial charge on any atom is 0.317 e. The Balaban J connectivity index is 1.68. The largest absolute Gasteiger partial charge is 0.481 e. The highest BCUT2D eigenvalue weighted by Crippen LogP contribution is 2.48. The van der Waals surface area contributed by atoms with Gasteiger partial charge >= 0.3 is 12.0 Å². The molecule has 1 aromatic carbocycles. The molecule has 2 aliphatic rings. The molecule has 3 rings (SSSR count). The molecule has 3 atom stereocenters. The van der Waals surface area contributed by atoms with Crippen molar-refractivity contribution in [2.75, 3.05) is 13.1 Å². The fourth-order valence-corrected chi connectivity index (χ4v) is 4.41. The number of hydrogen-bond donors (Lipinski definition) is 2. The minimum Gasteiger partial charge on any atom is -0.481 e. The van der Waals surface area contributed by atoms with Gasteiger partial charge in [0.05, 0.1) is 11.5 Å². The van der Waals surface area contributed by atoms with Crippen molar-refractivity contribution in [1.29, 1.82) is 0 Å². The number of fused-ring (bicyclic) bond motifs is 1. The van der Waals surface area contributed by atoms with E-state index in [0.717, 1.165) is 18.4 Å². The van der Waals surface area contributed by atoms with Crippen LogP contribution in [0.2, 0.25) is 0 Å². The zero-order valence-electron chi connectivity index (χ0n) is 14.6. The van der Waals surface area contributed by atoms with Crippen LogP contribution in [0.3, 0.4) is 0 Å². The fraction of sp³-hybridized carbons (Fsp3) is 0.579. The van der Waals surface area contributed by atoms with Gasteiger partial charge < -0.3 is 15.3 Å². The van der Waals surface area contributed by atoms with E-state index in [2.05, 4.69) is 23.5 Å². The topological polar surface area (TPSA) is 69.6 Å². The number of benzene rings is 1. The molecule has 1 unspecified atom stereocenters. The van der Waals surface area contributed by atoms with E-state index in [1.54, 1.807) is 4.90 Å². The minimum absolute atomic E-state index is 0.0947. The van der Waals surface area contributed by atoms with Gasteiger partial charge in [-0.2, -0.15) is 0 Å². The first-order valence-corrected chi connectivity index (χ1v) is 8.69. The van der Waals surface area contributed by atoms with Crippen molar-refractivity contribution in [2.45, 2.75) is 46.1 Å². The molecule has 2 fully saturated rings. The maximum atomic E-state index is 12.6. The fourth-order valence-electron chi connectivity index (χ4n) is 4.41. The third-order valence-corrected chi connectivity index (χ3v) is 5.67. The monoisotopic (exact) mass is 330 g/mol. The normalized spacial score (nSPS) is 27.0. The van der Waals surface area contributed by atoms with Crippen LogP contribution in [0.15, 0.2) is 18.2 Å². The van der Waals surface area contributed by atoms with Crippen molar-refractivity contribution in [3.05, 3.63) is 34.9 Å². The number of nitrogens with zero attached hydrogens (tertiary/aromatic N) is 1. The molecule has 1 heterocycles. The zero-order valence-corrected chi connectivity index (χ0v) is 14.6. The van der Waals surface area contributed by atoms with Crippen LogP contribution in [0.4, 0.5) is 4.79 Å². The summed E-state index contributed by atoms with van der Waals surface area (Å²) in [5, 5.41) is 12.7. The third kappa shape index (κ3) is 2.87. The molecular formula is C19H26N2O3. The molecule has 1 aliphatic carbocycles. The van der Waals surface area contributed by atoms with Crippen LogP contribution >= 0.6 is 0 Å². The third-order valence-electron chi connectivity index (χ3n) is 5.67. The summed E-state index contributed by atoms with van der Waals surface area (Å²) in [6, 6.07) is 6.01. The Morgan fingerprint density at radius 1 is 1.29 bits per heavy atom. The van der Waals surface area contributed by atoms with Crippen molar-refractivity contribution >= 4 is 12.0 Å². The van der Waals surface area contributed by atoms with Crippen molar-refractivity contribution in [2.24, 2.45) is 11.3 Å². The Hall–Kier alpha value is -2.04. The summed E-state index contributed by atoms with van der Waals surface area (Å²) in [7, 11) is 0. The number of rotatable bonds is 3. The van der Waals surface area contributed by atoms with E-state index >= 15 is 0 Å². The van der Waals surface area contributed by atoms with Gasteiger partial charge in [0.1, 0.15) is 0 Å². The lowest BCUT2D eigenvalue weighted by Crippen LogP contribution is -2.42. The first-order valence-electron chi connectivity index (χ1n) is 8.69. The van der Waals surface area contributed by atoms with Gasteiger partial charge in [-0.15, -0.1) is 0 Å². The van der Waals surface area contributed by atoms with Crippen LogP contribution in [0.25, 0.3) is 0 Å². The van der Waals surface area contributed by atoms with Gasteiger partial charge in [0.15, 0.2) is 0 Å². The van der Waals surface area contributed by atoms with Gasteiger partial charge in [-0.05, 0) is 45.1 Å². The Labute approximate surface area is 143 Å². The van der Waals surface area contributed by atoms with Crippen LogP contribution in [0.1, 0.15) is 48.9 Å². The summed E-state index contributed by atoms with van der Waals surface area (Å²) in [5.74, 6) is -0.653. The van der Waals surface area contributed by atoms with Gasteiger partial charge in [0.25, 0.3) is 0 Å². The lowest BCUT2D eigenvalue weighted by Gasteiger charge is -2.24. The van der Waals surface area contributed by atoms with Crippen LogP contribution in [-0.4, -0.2) is 35.1 Å². The van der Waals surface area contributed by atoms with Crippen molar-refractivity contribution < 1.29 is 14.7 Å². The maximum absolute atomic E-state index is 12.6. The predicted molar refractivity (Wildman–Crippen MR) is 91.8 cm³/mol. The van der Waals surface area contributed by atoms with Crippen LogP contribution < -0.4 is 5.32 Å². The second-order valence-corrected chi connectivity index (χ2v) is 7.52. The number of likely N-dealkylation sites (tertiary alicyclic amines) is 1. The average Bonchev–Trinajstić information content (AvgIpc) is 3.03. The van der Waals surface area contributed by atoms with Gasteiger partial charge in [-0.3, -0.25) is 4.79 Å². The van der Waals surface area contributed by atoms with Crippen LogP contribution in [-0.2, 0) is 4.79 Å². The van der Waals surface area contributed by atoms with Crippen LogP contribution in [0, 0.1) is 25.2 Å². The van der Waals surface area contributed by atoms with Crippen molar-refractivity contribution in [3.63, 3.8) is 0 Å². The van der Waals surface area contributed by atoms with E-state index < -0.39 is 11.4 Å². The number of aryl methyl sites for hydroxylation is 2. The molecule has 1 aliphatic heterocycles. The smallest absolute Gasteiger partial charge is 0.317 e. The zero-order chi connectivity index (χ0) is 17.5. The molecule has 0 aromatic heterocycles. The summed E-state index contributed by atoms with van der Waals surface area (Å²) < 4.78 is 0. The molecule has 2 amide bonds. The molecule has 5 heteroatoms. The number of urea groups is 1. The number of carbonyl (C=O) groups is 2. The molecular weight excluding hydrogens is 304 g/mol. The second-order valence-electron chi connectivity index (χ2n) is 7.52. The quantitative estimate of drug-likeness (QED) is 0.894. The average molecular weight is 330 g/mol. The standard InChI is InChI=1S/C19H26N2O3/c1-12-7-13(2)9-15(8-12)14(3)20-18(24)21-10-16-5-4-6-19(16,11-21)17(22)23/h7-9,14,16H,4-6,10-11H2,1-3H3,(H,20,24)(H,22,23)/t14?,16-,19+/m0/s1. The molecule has 0 spiro atoms. The SMILES string of the molecule is Cc1cc(C)cc(C(C)NC(=O)N2C[C@@H]3CCC[C@@]3(C(=O)O)C2)c1. The van der Waals surface area contributed by atoms with Gasteiger partial charge in [0, 0.05) is 13.1 Å². The minimum atomic E-state index is -0.748. The molecule has 130 valence electrons. The number of aliphatic carboxylic acids is 1. The van der Waals surface area contributed by atoms with E-state index in [4.69, 9.17) is 0 Å². The second kappa shape index (κ2) is 6.11. The summed E-state index contributed by atoms with van der Waals surface area (Å²) in [4.78, 5) is 26.0. The van der Waals surface area contributed by atoms with Gasteiger partial charge in [-0.25, -0.2) is 4.79 Å². The molecule has 0 bridgehead atoms. The molecule has 0 radical (unpaired) electrons. The number of nitrogens with one attached hydrogen (secondary N) is 1. The number of amides is 2. The molecule has 1 aromatic rings. The molecule has 2 N–H and O–H groups in total. The highest BCUT2D eigenvalue weighted by Gasteiger charge is 2.55. The molecule has 24 heavy (non-hydrogen) atoms. The first kappa shape index (κ1) is 16.8. The van der Waals surface area contributed by atoms with Gasteiger partial charge in [0.2, 0.25) is 0 Å². The first-order chi connectivity index (χ1) is 11.3. The summed E-state index contributed by atoms with van der Waals surface area (Å²) in [6.07, 6.45) is 2.54. The number of carboxylic acids is 1. The molecule has 1 saturated heterocycles. The number of carboxylic acid groups (broad SMARTS) is 1. The highest BCUT2D eigenvalue weighted by atomic mass is 16.4. The van der Waals surface area contributed by atoms with E-state index in [0.29, 0.717) is 19.5 Å². The van der Waals surface area contributed by atoms with Crippen LogP contribution in [0.5, 0.6) is 0 Å². The van der Waals surface area contributed by atoms with E-state index in [9.17, 15) is 14.7 Å².